The monoisotopic (exact) mass is 476 g/mol. The smallest absolute Gasteiger partial charge is 0.251 e. The largest absolute Gasteiger partial charge is 0.493 e. The zero-order valence-electron chi connectivity index (χ0n) is 19.4. The summed E-state index contributed by atoms with van der Waals surface area (Å²) in [6.45, 7) is 5.11. The molecule has 8 heteroatoms. The molecule has 0 aliphatic carbocycles. The van der Waals surface area contributed by atoms with E-state index in [0.717, 1.165) is 64.4 Å². The van der Waals surface area contributed by atoms with E-state index in [9.17, 15) is 4.79 Å². The Morgan fingerprint density at radius 2 is 1.79 bits per heavy atom. The second-order valence-corrected chi connectivity index (χ2v) is 9.26. The van der Waals surface area contributed by atoms with Crippen molar-refractivity contribution in [3.05, 3.63) is 60.2 Å². The number of hydrogen-bond acceptors (Lipinski definition) is 7. The molecule has 1 amide bonds. The first-order chi connectivity index (χ1) is 16.7. The molecular formula is C26H28N4O3S. The van der Waals surface area contributed by atoms with Crippen molar-refractivity contribution >= 4 is 43.4 Å². The number of aromatic nitrogens is 1. The minimum atomic E-state index is -0.0192. The lowest BCUT2D eigenvalue weighted by molar-refractivity contribution is 0.0949. The summed E-state index contributed by atoms with van der Waals surface area (Å²) in [5.41, 5.74) is 1.58. The van der Waals surface area contributed by atoms with E-state index in [1.54, 1.807) is 25.6 Å². The van der Waals surface area contributed by atoms with Gasteiger partial charge < -0.3 is 19.7 Å². The van der Waals surface area contributed by atoms with Crippen LogP contribution in [-0.2, 0) is 0 Å². The van der Waals surface area contributed by atoms with Crippen LogP contribution in [0.5, 0.6) is 11.5 Å². The van der Waals surface area contributed by atoms with Gasteiger partial charge in [-0.25, -0.2) is 4.98 Å². The standard InChI is InChI=1S/C26H28N4O3S/c1-32-21-10-11-22-23(24(21)33-2)28-26(34-22)30-16-14-29(15-17-30)13-12-27-25(31)20-9-5-7-18-6-3-4-8-19(18)20/h3-11H,12-17H2,1-2H3,(H,27,31). The Balaban J connectivity index is 1.16. The first-order valence-electron chi connectivity index (χ1n) is 11.4. The number of ether oxygens (including phenoxy) is 2. The summed E-state index contributed by atoms with van der Waals surface area (Å²) in [5, 5.41) is 6.17. The molecule has 176 valence electrons. The average Bonchev–Trinajstić information content (AvgIpc) is 3.32. The van der Waals surface area contributed by atoms with Gasteiger partial charge in [0.25, 0.3) is 5.91 Å². The first kappa shape index (κ1) is 22.4. The fourth-order valence-electron chi connectivity index (χ4n) is 4.44. The summed E-state index contributed by atoms with van der Waals surface area (Å²) < 4.78 is 12.0. The number of carbonyl (C=O) groups excluding carboxylic acids is 1. The van der Waals surface area contributed by atoms with Crippen LogP contribution in [-0.4, -0.2) is 69.3 Å². The fraction of sp³-hybridized carbons (Fsp3) is 0.308. The van der Waals surface area contributed by atoms with Gasteiger partial charge in [0.2, 0.25) is 0 Å². The highest BCUT2D eigenvalue weighted by atomic mass is 32.1. The maximum atomic E-state index is 12.8. The highest BCUT2D eigenvalue weighted by Crippen LogP contribution is 2.40. The van der Waals surface area contributed by atoms with Crippen molar-refractivity contribution < 1.29 is 14.3 Å². The lowest BCUT2D eigenvalue weighted by Gasteiger charge is -2.34. The molecule has 1 N–H and O–H groups in total. The molecule has 34 heavy (non-hydrogen) atoms. The van der Waals surface area contributed by atoms with E-state index in [0.29, 0.717) is 18.0 Å². The predicted molar refractivity (Wildman–Crippen MR) is 138 cm³/mol. The van der Waals surface area contributed by atoms with Gasteiger partial charge in [-0.05, 0) is 29.0 Å². The van der Waals surface area contributed by atoms with Gasteiger partial charge in [0.15, 0.2) is 16.6 Å². The number of rotatable bonds is 7. The van der Waals surface area contributed by atoms with Gasteiger partial charge in [0.05, 0.1) is 18.9 Å². The lowest BCUT2D eigenvalue weighted by Crippen LogP contribution is -2.48. The topological polar surface area (TPSA) is 66.9 Å². The molecule has 0 unspecified atom stereocenters. The minimum absolute atomic E-state index is 0.0192. The van der Waals surface area contributed by atoms with Crippen molar-refractivity contribution in [2.45, 2.75) is 0 Å². The molecule has 0 radical (unpaired) electrons. The third-order valence-electron chi connectivity index (χ3n) is 6.28. The second kappa shape index (κ2) is 9.87. The Bertz CT molecular complexity index is 1310. The number of fused-ring (bicyclic) bond motifs is 2. The van der Waals surface area contributed by atoms with E-state index in [-0.39, 0.29) is 5.91 Å². The molecule has 0 saturated carbocycles. The molecule has 7 nitrogen and oxygen atoms in total. The maximum Gasteiger partial charge on any atom is 0.251 e. The van der Waals surface area contributed by atoms with Crippen molar-refractivity contribution in [2.24, 2.45) is 0 Å². The molecule has 3 aromatic carbocycles. The van der Waals surface area contributed by atoms with Gasteiger partial charge in [0.1, 0.15) is 5.52 Å². The second-order valence-electron chi connectivity index (χ2n) is 8.26. The van der Waals surface area contributed by atoms with E-state index in [1.807, 2.05) is 54.6 Å². The lowest BCUT2D eigenvalue weighted by atomic mass is 10.0. The molecule has 1 saturated heterocycles. The third kappa shape index (κ3) is 4.38. The summed E-state index contributed by atoms with van der Waals surface area (Å²) in [7, 11) is 3.29. The summed E-state index contributed by atoms with van der Waals surface area (Å²) in [5.74, 6) is 1.36. The number of hydrogen-bond donors (Lipinski definition) is 1. The average molecular weight is 477 g/mol. The van der Waals surface area contributed by atoms with Crippen molar-refractivity contribution in [3.63, 3.8) is 0 Å². The first-order valence-corrected chi connectivity index (χ1v) is 12.2. The molecule has 0 atom stereocenters. The number of benzene rings is 3. The number of carbonyl (C=O) groups is 1. The summed E-state index contributed by atoms with van der Waals surface area (Å²) >= 11 is 1.68. The van der Waals surface area contributed by atoms with E-state index in [1.165, 1.54) is 0 Å². The van der Waals surface area contributed by atoms with Gasteiger partial charge in [-0.3, -0.25) is 9.69 Å². The number of piperazine rings is 1. The Morgan fingerprint density at radius 3 is 2.59 bits per heavy atom. The van der Waals surface area contributed by atoms with Crippen LogP contribution in [0.2, 0.25) is 0 Å². The Labute approximate surface area is 202 Å². The number of anilines is 1. The molecule has 1 aromatic heterocycles. The van der Waals surface area contributed by atoms with E-state index in [2.05, 4.69) is 15.1 Å². The molecule has 1 aliphatic heterocycles. The predicted octanol–water partition coefficient (Wildman–Crippen LogP) is 4.02. The van der Waals surface area contributed by atoms with Crippen LogP contribution >= 0.6 is 11.3 Å². The molecule has 1 aliphatic rings. The van der Waals surface area contributed by atoms with E-state index < -0.39 is 0 Å². The van der Waals surface area contributed by atoms with Crippen LogP contribution in [0.25, 0.3) is 21.0 Å². The fourth-order valence-corrected chi connectivity index (χ4v) is 5.46. The van der Waals surface area contributed by atoms with Crippen molar-refractivity contribution in [1.82, 2.24) is 15.2 Å². The van der Waals surface area contributed by atoms with Crippen LogP contribution in [0.4, 0.5) is 5.13 Å². The number of methoxy groups -OCH3 is 2. The van der Waals surface area contributed by atoms with Gasteiger partial charge in [-0.2, -0.15) is 0 Å². The van der Waals surface area contributed by atoms with Crippen LogP contribution < -0.4 is 19.7 Å². The summed E-state index contributed by atoms with van der Waals surface area (Å²) in [6, 6.07) is 17.8. The van der Waals surface area contributed by atoms with Gasteiger partial charge in [-0.15, -0.1) is 0 Å². The van der Waals surface area contributed by atoms with Crippen LogP contribution in [0.1, 0.15) is 10.4 Å². The highest BCUT2D eigenvalue weighted by molar-refractivity contribution is 7.22. The SMILES string of the molecule is COc1ccc2sc(N3CCN(CCNC(=O)c4cccc5ccccc45)CC3)nc2c1OC. The third-order valence-corrected chi connectivity index (χ3v) is 7.36. The Morgan fingerprint density at radius 1 is 1.00 bits per heavy atom. The number of amides is 1. The number of nitrogens with zero attached hydrogens (tertiary/aromatic N) is 3. The van der Waals surface area contributed by atoms with Gasteiger partial charge in [-0.1, -0.05) is 47.7 Å². The quantitative estimate of drug-likeness (QED) is 0.435. The van der Waals surface area contributed by atoms with Crippen molar-refractivity contribution in [2.75, 3.05) is 58.4 Å². The molecule has 5 rings (SSSR count). The van der Waals surface area contributed by atoms with Crippen LogP contribution in [0.3, 0.4) is 0 Å². The zero-order chi connectivity index (χ0) is 23.5. The molecule has 4 aromatic rings. The van der Waals surface area contributed by atoms with E-state index in [4.69, 9.17) is 14.5 Å². The van der Waals surface area contributed by atoms with Gasteiger partial charge >= 0.3 is 0 Å². The number of thiazole rings is 1. The Kier molecular flexibility index (Phi) is 6.51. The maximum absolute atomic E-state index is 12.8. The highest BCUT2D eigenvalue weighted by Gasteiger charge is 2.22. The van der Waals surface area contributed by atoms with Gasteiger partial charge in [0, 0.05) is 44.8 Å². The Hall–Kier alpha value is -3.36. The molecule has 0 bridgehead atoms. The van der Waals surface area contributed by atoms with Crippen molar-refractivity contribution in [1.29, 1.82) is 0 Å². The summed E-state index contributed by atoms with van der Waals surface area (Å²) in [6.07, 6.45) is 0. The van der Waals surface area contributed by atoms with Crippen LogP contribution in [0, 0.1) is 0 Å². The zero-order valence-corrected chi connectivity index (χ0v) is 20.2. The number of nitrogens with one attached hydrogen (secondary N) is 1. The van der Waals surface area contributed by atoms with Crippen molar-refractivity contribution in [3.8, 4) is 11.5 Å². The summed E-state index contributed by atoms with van der Waals surface area (Å²) in [4.78, 5) is 22.3. The molecular weight excluding hydrogens is 448 g/mol. The van der Waals surface area contributed by atoms with E-state index >= 15 is 0 Å². The molecule has 1 fully saturated rings. The minimum Gasteiger partial charge on any atom is -0.493 e. The molecule has 0 spiro atoms. The van der Waals surface area contributed by atoms with Crippen LogP contribution in [0.15, 0.2) is 54.6 Å². The molecule has 2 heterocycles. The normalized spacial score (nSPS) is 14.5.